The average molecular weight is 200 g/mol. The standard InChI is InChI=1S/C10H20N2O2/c1-8(13)7-12(2)9(14)10(11)5-3-4-6-10/h8,13H,3-7,11H2,1-2H3. The molecule has 1 amide bonds. The maximum atomic E-state index is 11.9. The first kappa shape index (κ1) is 11.5. The third-order valence-corrected chi connectivity index (χ3v) is 2.81. The van der Waals surface area contributed by atoms with E-state index in [9.17, 15) is 4.79 Å². The number of amides is 1. The Bertz CT molecular complexity index is 210. The average Bonchev–Trinajstić information content (AvgIpc) is 2.51. The zero-order chi connectivity index (χ0) is 10.8. The van der Waals surface area contributed by atoms with Crippen LogP contribution in [0.2, 0.25) is 0 Å². The van der Waals surface area contributed by atoms with Crippen molar-refractivity contribution in [3.05, 3.63) is 0 Å². The summed E-state index contributed by atoms with van der Waals surface area (Å²) in [4.78, 5) is 13.4. The topological polar surface area (TPSA) is 66.6 Å². The maximum absolute atomic E-state index is 11.9. The minimum Gasteiger partial charge on any atom is -0.392 e. The molecule has 1 unspecified atom stereocenters. The zero-order valence-corrected chi connectivity index (χ0v) is 8.99. The Balaban J connectivity index is 2.55. The summed E-state index contributed by atoms with van der Waals surface area (Å²) in [7, 11) is 1.70. The number of nitrogens with zero attached hydrogens (tertiary/aromatic N) is 1. The summed E-state index contributed by atoms with van der Waals surface area (Å²) in [5, 5.41) is 9.16. The SMILES string of the molecule is CC(O)CN(C)C(=O)C1(N)CCCC1. The summed E-state index contributed by atoms with van der Waals surface area (Å²) < 4.78 is 0. The van der Waals surface area contributed by atoms with Gasteiger partial charge in [-0.2, -0.15) is 0 Å². The minimum absolute atomic E-state index is 0.0316. The molecule has 82 valence electrons. The molecule has 0 bridgehead atoms. The highest BCUT2D eigenvalue weighted by Gasteiger charge is 2.38. The number of nitrogens with two attached hydrogens (primary N) is 1. The second-order valence-corrected chi connectivity index (χ2v) is 4.40. The summed E-state index contributed by atoms with van der Waals surface area (Å²) in [6, 6.07) is 0. The van der Waals surface area contributed by atoms with Crippen molar-refractivity contribution in [2.75, 3.05) is 13.6 Å². The van der Waals surface area contributed by atoms with Gasteiger partial charge in [0.2, 0.25) is 5.91 Å². The number of rotatable bonds is 3. The molecular weight excluding hydrogens is 180 g/mol. The van der Waals surface area contributed by atoms with Crippen molar-refractivity contribution in [3.8, 4) is 0 Å². The fourth-order valence-corrected chi connectivity index (χ4v) is 2.08. The van der Waals surface area contributed by atoms with Crippen LogP contribution in [-0.4, -0.2) is 41.1 Å². The van der Waals surface area contributed by atoms with Gasteiger partial charge < -0.3 is 15.7 Å². The zero-order valence-electron chi connectivity index (χ0n) is 8.99. The van der Waals surface area contributed by atoms with E-state index in [1.54, 1.807) is 14.0 Å². The van der Waals surface area contributed by atoms with Crippen LogP contribution in [0, 0.1) is 0 Å². The first-order chi connectivity index (χ1) is 6.46. The second-order valence-electron chi connectivity index (χ2n) is 4.40. The lowest BCUT2D eigenvalue weighted by molar-refractivity contribution is -0.136. The van der Waals surface area contributed by atoms with Gasteiger partial charge in [0.15, 0.2) is 0 Å². The van der Waals surface area contributed by atoms with E-state index in [0.717, 1.165) is 25.7 Å². The molecular formula is C10H20N2O2. The molecule has 1 aliphatic carbocycles. The molecule has 0 aromatic carbocycles. The number of likely N-dealkylation sites (N-methyl/N-ethyl adjacent to an activating group) is 1. The lowest BCUT2D eigenvalue weighted by atomic mass is 9.97. The molecule has 1 aliphatic rings. The van der Waals surface area contributed by atoms with E-state index in [1.165, 1.54) is 4.90 Å². The molecule has 0 aromatic rings. The molecule has 3 N–H and O–H groups in total. The van der Waals surface area contributed by atoms with Crippen molar-refractivity contribution < 1.29 is 9.90 Å². The number of aliphatic hydroxyl groups is 1. The summed E-state index contributed by atoms with van der Waals surface area (Å²) in [5.74, 6) is -0.0316. The van der Waals surface area contributed by atoms with E-state index in [0.29, 0.717) is 6.54 Å². The summed E-state index contributed by atoms with van der Waals surface area (Å²) in [5.41, 5.74) is 5.34. The van der Waals surface area contributed by atoms with Crippen LogP contribution in [-0.2, 0) is 4.79 Å². The number of carbonyl (C=O) groups excluding carboxylic acids is 1. The lowest BCUT2D eigenvalue weighted by Crippen LogP contribution is -2.53. The molecule has 0 aromatic heterocycles. The highest BCUT2D eigenvalue weighted by Crippen LogP contribution is 2.28. The van der Waals surface area contributed by atoms with E-state index < -0.39 is 11.6 Å². The van der Waals surface area contributed by atoms with Crippen molar-refractivity contribution in [2.45, 2.75) is 44.2 Å². The molecule has 4 nitrogen and oxygen atoms in total. The van der Waals surface area contributed by atoms with Gasteiger partial charge in [0.05, 0.1) is 11.6 Å². The van der Waals surface area contributed by atoms with Gasteiger partial charge >= 0.3 is 0 Å². The van der Waals surface area contributed by atoms with Crippen LogP contribution < -0.4 is 5.73 Å². The molecule has 0 radical (unpaired) electrons. The van der Waals surface area contributed by atoms with Crippen molar-refractivity contribution in [2.24, 2.45) is 5.73 Å². The third-order valence-electron chi connectivity index (χ3n) is 2.81. The molecule has 0 saturated heterocycles. The lowest BCUT2D eigenvalue weighted by Gasteiger charge is -2.29. The first-order valence-electron chi connectivity index (χ1n) is 5.18. The van der Waals surface area contributed by atoms with Gasteiger partial charge in [0.25, 0.3) is 0 Å². The predicted molar refractivity (Wildman–Crippen MR) is 54.7 cm³/mol. The Morgan fingerprint density at radius 1 is 1.57 bits per heavy atom. The monoisotopic (exact) mass is 200 g/mol. The fourth-order valence-electron chi connectivity index (χ4n) is 2.08. The van der Waals surface area contributed by atoms with Gasteiger partial charge in [-0.3, -0.25) is 4.79 Å². The second kappa shape index (κ2) is 4.28. The summed E-state index contributed by atoms with van der Waals surface area (Å²) >= 11 is 0. The van der Waals surface area contributed by atoms with Crippen LogP contribution in [0.1, 0.15) is 32.6 Å². The van der Waals surface area contributed by atoms with Gasteiger partial charge in [0, 0.05) is 13.6 Å². The molecule has 0 aliphatic heterocycles. The molecule has 14 heavy (non-hydrogen) atoms. The Kier molecular flexibility index (Phi) is 3.50. The Morgan fingerprint density at radius 3 is 2.50 bits per heavy atom. The van der Waals surface area contributed by atoms with E-state index in [1.807, 2.05) is 0 Å². The van der Waals surface area contributed by atoms with E-state index in [-0.39, 0.29) is 5.91 Å². The number of hydrogen-bond acceptors (Lipinski definition) is 3. The number of hydrogen-bond donors (Lipinski definition) is 2. The van der Waals surface area contributed by atoms with Crippen molar-refractivity contribution in [3.63, 3.8) is 0 Å². The van der Waals surface area contributed by atoms with Gasteiger partial charge in [-0.1, -0.05) is 12.8 Å². The van der Waals surface area contributed by atoms with Crippen molar-refractivity contribution >= 4 is 5.91 Å². The largest absolute Gasteiger partial charge is 0.392 e. The predicted octanol–water partition coefficient (Wildman–Crippen LogP) is 0.0971. The Hall–Kier alpha value is -0.610. The van der Waals surface area contributed by atoms with Gasteiger partial charge in [-0.15, -0.1) is 0 Å². The van der Waals surface area contributed by atoms with Gasteiger partial charge in [-0.25, -0.2) is 0 Å². The van der Waals surface area contributed by atoms with Crippen LogP contribution in [0.15, 0.2) is 0 Å². The third kappa shape index (κ3) is 2.45. The minimum atomic E-state index is -0.663. The molecule has 0 spiro atoms. The molecule has 4 heteroatoms. The van der Waals surface area contributed by atoms with E-state index in [2.05, 4.69) is 0 Å². The van der Waals surface area contributed by atoms with Gasteiger partial charge in [-0.05, 0) is 19.8 Å². The van der Waals surface area contributed by atoms with Crippen LogP contribution in [0.4, 0.5) is 0 Å². The molecule has 1 atom stereocenters. The smallest absolute Gasteiger partial charge is 0.242 e. The van der Waals surface area contributed by atoms with Gasteiger partial charge in [0.1, 0.15) is 0 Å². The highest BCUT2D eigenvalue weighted by molar-refractivity contribution is 5.86. The molecule has 1 fully saturated rings. The van der Waals surface area contributed by atoms with E-state index in [4.69, 9.17) is 10.8 Å². The number of carbonyl (C=O) groups is 1. The van der Waals surface area contributed by atoms with Crippen LogP contribution in [0.25, 0.3) is 0 Å². The Morgan fingerprint density at radius 2 is 2.07 bits per heavy atom. The van der Waals surface area contributed by atoms with Crippen LogP contribution >= 0.6 is 0 Å². The molecule has 1 rings (SSSR count). The number of aliphatic hydroxyl groups excluding tert-OH is 1. The van der Waals surface area contributed by atoms with E-state index >= 15 is 0 Å². The van der Waals surface area contributed by atoms with Crippen molar-refractivity contribution in [1.29, 1.82) is 0 Å². The molecule has 0 heterocycles. The highest BCUT2D eigenvalue weighted by atomic mass is 16.3. The quantitative estimate of drug-likeness (QED) is 0.679. The summed E-state index contributed by atoms with van der Waals surface area (Å²) in [6.45, 7) is 2.03. The normalized spacial score (nSPS) is 22.0. The Labute approximate surface area is 85.1 Å². The fraction of sp³-hybridized carbons (Fsp3) is 0.900. The van der Waals surface area contributed by atoms with Crippen LogP contribution in [0.3, 0.4) is 0 Å². The van der Waals surface area contributed by atoms with Crippen LogP contribution in [0.5, 0.6) is 0 Å². The van der Waals surface area contributed by atoms with Crippen molar-refractivity contribution in [1.82, 2.24) is 4.90 Å². The maximum Gasteiger partial charge on any atom is 0.242 e. The first-order valence-corrected chi connectivity index (χ1v) is 5.18. The summed E-state index contributed by atoms with van der Waals surface area (Å²) in [6.07, 6.45) is 3.12. The molecule has 1 saturated carbocycles.